The molecule has 1 fully saturated rings. The smallest absolute Gasteiger partial charge is 0.371 e. The van der Waals surface area contributed by atoms with Gasteiger partial charge in [0.15, 0.2) is 0 Å². The van der Waals surface area contributed by atoms with Crippen molar-refractivity contribution >= 4 is 5.69 Å². The average Bonchev–Trinajstić information content (AvgIpc) is 2.37. The van der Waals surface area contributed by atoms with Crippen LogP contribution in [0.15, 0.2) is 18.2 Å². The van der Waals surface area contributed by atoms with E-state index in [1.807, 2.05) is 30.0 Å². The van der Waals surface area contributed by atoms with Crippen LogP contribution in [0.25, 0.3) is 0 Å². The lowest BCUT2D eigenvalue weighted by molar-refractivity contribution is -0.179. The van der Waals surface area contributed by atoms with Gasteiger partial charge in [0.05, 0.1) is 5.92 Å². The van der Waals surface area contributed by atoms with Crippen LogP contribution in [0.5, 0.6) is 0 Å². The molecule has 2 nitrogen and oxygen atoms in total. The molecule has 1 heterocycles. The van der Waals surface area contributed by atoms with Crippen molar-refractivity contribution in [2.24, 2.45) is 11.7 Å². The summed E-state index contributed by atoms with van der Waals surface area (Å²) in [6.45, 7) is 3.28. The minimum absolute atomic E-state index is 0.168. The van der Waals surface area contributed by atoms with E-state index in [-0.39, 0.29) is 12.8 Å². The van der Waals surface area contributed by atoms with Crippen LogP contribution in [0.3, 0.4) is 0 Å². The third kappa shape index (κ3) is 3.03. The van der Waals surface area contributed by atoms with E-state index in [9.17, 15) is 13.2 Å². The number of halogens is 3. The number of hydrogen-bond donors (Lipinski definition) is 1. The Morgan fingerprint density at radius 2 is 1.89 bits per heavy atom. The molecular formula is C14H19F3N2. The molecule has 0 spiro atoms. The van der Waals surface area contributed by atoms with Crippen molar-refractivity contribution in [3.05, 3.63) is 29.3 Å². The third-order valence-electron chi connectivity index (χ3n) is 3.82. The van der Waals surface area contributed by atoms with E-state index in [1.54, 1.807) is 0 Å². The van der Waals surface area contributed by atoms with Gasteiger partial charge in [0.25, 0.3) is 0 Å². The molecule has 1 saturated heterocycles. The first-order valence-corrected chi connectivity index (χ1v) is 6.53. The molecule has 0 unspecified atom stereocenters. The fourth-order valence-electron chi connectivity index (χ4n) is 2.77. The molecule has 19 heavy (non-hydrogen) atoms. The molecule has 0 amide bonds. The van der Waals surface area contributed by atoms with Crippen molar-refractivity contribution in [3.8, 4) is 0 Å². The summed E-state index contributed by atoms with van der Waals surface area (Å²) in [5, 5.41) is 0. The van der Waals surface area contributed by atoms with Crippen molar-refractivity contribution in [1.29, 1.82) is 0 Å². The molecule has 0 radical (unpaired) electrons. The lowest BCUT2D eigenvalue weighted by Crippen LogP contribution is -2.39. The minimum atomic E-state index is -4.06. The standard InChI is InChI=1S/C14H19F3N2/c1-10-3-2-4-11(9-18)13(10)19-7-5-12(6-8-19)14(15,16)17/h2-4,12H,5-9,18H2,1H3. The molecule has 1 aromatic carbocycles. The maximum absolute atomic E-state index is 12.7. The summed E-state index contributed by atoms with van der Waals surface area (Å²) in [4.78, 5) is 2.04. The number of hydrogen-bond acceptors (Lipinski definition) is 2. The number of aryl methyl sites for hydroxylation is 1. The summed E-state index contributed by atoms with van der Waals surface area (Å²) in [6, 6.07) is 5.85. The van der Waals surface area contributed by atoms with Gasteiger partial charge in [0, 0.05) is 25.3 Å². The molecule has 0 atom stereocenters. The van der Waals surface area contributed by atoms with Crippen molar-refractivity contribution in [1.82, 2.24) is 0 Å². The Morgan fingerprint density at radius 3 is 2.42 bits per heavy atom. The molecule has 0 aromatic heterocycles. The molecule has 0 saturated carbocycles. The first kappa shape index (κ1) is 14.2. The zero-order valence-corrected chi connectivity index (χ0v) is 11.0. The summed E-state index contributed by atoms with van der Waals surface area (Å²) in [5.41, 5.74) is 8.82. The zero-order valence-electron chi connectivity index (χ0n) is 11.0. The topological polar surface area (TPSA) is 29.3 Å². The fourth-order valence-corrected chi connectivity index (χ4v) is 2.77. The Kier molecular flexibility index (Phi) is 4.04. The number of nitrogens with two attached hydrogens (primary N) is 1. The number of para-hydroxylation sites is 1. The molecule has 0 bridgehead atoms. The summed E-state index contributed by atoms with van der Waals surface area (Å²) < 4.78 is 38.0. The normalized spacial score (nSPS) is 17.8. The largest absolute Gasteiger partial charge is 0.391 e. The van der Waals surface area contributed by atoms with Crippen molar-refractivity contribution in [2.45, 2.75) is 32.5 Å². The predicted molar refractivity (Wildman–Crippen MR) is 70.1 cm³/mol. The summed E-state index contributed by atoms with van der Waals surface area (Å²) >= 11 is 0. The Bertz CT molecular complexity index is 435. The van der Waals surface area contributed by atoms with Crippen LogP contribution in [-0.4, -0.2) is 19.3 Å². The second-order valence-corrected chi connectivity index (χ2v) is 5.09. The van der Waals surface area contributed by atoms with Crippen LogP contribution in [0, 0.1) is 12.8 Å². The highest BCUT2D eigenvalue weighted by Gasteiger charge is 2.41. The summed E-state index contributed by atoms with van der Waals surface area (Å²) in [5.74, 6) is -1.16. The molecule has 106 valence electrons. The maximum Gasteiger partial charge on any atom is 0.391 e. The molecule has 1 aromatic rings. The lowest BCUT2D eigenvalue weighted by atomic mass is 9.94. The van der Waals surface area contributed by atoms with Gasteiger partial charge in [-0.3, -0.25) is 0 Å². The third-order valence-corrected chi connectivity index (χ3v) is 3.82. The SMILES string of the molecule is Cc1cccc(CN)c1N1CCC(C(F)(F)F)CC1. The summed E-state index contributed by atoms with van der Waals surface area (Å²) in [6.07, 6.45) is -3.72. The number of rotatable bonds is 2. The molecule has 2 N–H and O–H groups in total. The monoisotopic (exact) mass is 272 g/mol. The zero-order chi connectivity index (χ0) is 14.0. The Labute approximate surface area is 111 Å². The predicted octanol–water partition coefficient (Wildman–Crippen LogP) is 3.23. The average molecular weight is 272 g/mol. The Morgan fingerprint density at radius 1 is 1.26 bits per heavy atom. The van der Waals surface area contributed by atoms with Crippen LogP contribution in [0.1, 0.15) is 24.0 Å². The highest BCUT2D eigenvalue weighted by molar-refractivity contribution is 5.59. The second kappa shape index (κ2) is 5.41. The van der Waals surface area contributed by atoms with E-state index in [2.05, 4.69) is 0 Å². The Balaban J connectivity index is 2.14. The molecular weight excluding hydrogens is 253 g/mol. The highest BCUT2D eigenvalue weighted by atomic mass is 19.4. The van der Waals surface area contributed by atoms with Crippen molar-refractivity contribution < 1.29 is 13.2 Å². The van der Waals surface area contributed by atoms with Crippen molar-refractivity contribution in [2.75, 3.05) is 18.0 Å². The van der Waals surface area contributed by atoms with Crippen LogP contribution < -0.4 is 10.6 Å². The van der Waals surface area contributed by atoms with Gasteiger partial charge in [-0.1, -0.05) is 18.2 Å². The molecule has 5 heteroatoms. The number of nitrogens with zero attached hydrogens (tertiary/aromatic N) is 1. The van der Waals surface area contributed by atoms with Gasteiger partial charge in [-0.25, -0.2) is 0 Å². The van der Waals surface area contributed by atoms with Crippen LogP contribution >= 0.6 is 0 Å². The van der Waals surface area contributed by atoms with E-state index < -0.39 is 12.1 Å². The van der Waals surface area contributed by atoms with E-state index in [0.717, 1.165) is 16.8 Å². The van der Waals surface area contributed by atoms with E-state index in [1.165, 1.54) is 0 Å². The molecule has 0 aliphatic carbocycles. The van der Waals surface area contributed by atoms with Crippen LogP contribution in [-0.2, 0) is 6.54 Å². The minimum Gasteiger partial charge on any atom is -0.371 e. The van der Waals surface area contributed by atoms with Gasteiger partial charge >= 0.3 is 6.18 Å². The molecule has 1 aliphatic rings. The molecule has 2 rings (SSSR count). The van der Waals surface area contributed by atoms with Gasteiger partial charge < -0.3 is 10.6 Å². The summed E-state index contributed by atoms with van der Waals surface area (Å²) in [7, 11) is 0. The fraction of sp³-hybridized carbons (Fsp3) is 0.571. The number of alkyl halides is 3. The first-order chi connectivity index (χ1) is 8.93. The lowest BCUT2D eigenvalue weighted by Gasteiger charge is -2.36. The second-order valence-electron chi connectivity index (χ2n) is 5.09. The highest BCUT2D eigenvalue weighted by Crippen LogP contribution is 2.36. The van der Waals surface area contributed by atoms with Gasteiger partial charge in [-0.2, -0.15) is 13.2 Å². The van der Waals surface area contributed by atoms with Gasteiger partial charge in [-0.05, 0) is 30.9 Å². The van der Waals surface area contributed by atoms with Crippen LogP contribution in [0.2, 0.25) is 0 Å². The number of anilines is 1. The molecule has 1 aliphatic heterocycles. The van der Waals surface area contributed by atoms with E-state index in [0.29, 0.717) is 19.6 Å². The van der Waals surface area contributed by atoms with Crippen molar-refractivity contribution in [3.63, 3.8) is 0 Å². The van der Waals surface area contributed by atoms with Gasteiger partial charge in [0.2, 0.25) is 0 Å². The van der Waals surface area contributed by atoms with E-state index >= 15 is 0 Å². The quantitative estimate of drug-likeness (QED) is 0.895. The Hall–Kier alpha value is -1.23. The van der Waals surface area contributed by atoms with Gasteiger partial charge in [-0.15, -0.1) is 0 Å². The van der Waals surface area contributed by atoms with Crippen LogP contribution in [0.4, 0.5) is 18.9 Å². The number of benzene rings is 1. The van der Waals surface area contributed by atoms with Gasteiger partial charge in [0.1, 0.15) is 0 Å². The first-order valence-electron chi connectivity index (χ1n) is 6.53. The maximum atomic E-state index is 12.7. The van der Waals surface area contributed by atoms with E-state index in [4.69, 9.17) is 5.73 Å². The number of piperidine rings is 1.